The first-order valence-corrected chi connectivity index (χ1v) is 8.51. The number of thiophene rings is 1. The van der Waals surface area contributed by atoms with Gasteiger partial charge in [-0.1, -0.05) is 18.2 Å². The standard InChI is InChI=1S/C19H13NO4S/c21-18(15-9-12-4-1-2-5-17(12)24-19(15)22)20-10-14-8-13(11-25-14)16-6-3-7-23-16/h1-9,11H,10H2,(H,20,21). The number of carbonyl (C=O) groups excluding carboxylic acids is 1. The summed E-state index contributed by atoms with van der Waals surface area (Å²) >= 11 is 1.52. The molecule has 3 heterocycles. The number of carbonyl (C=O) groups is 1. The topological polar surface area (TPSA) is 72.5 Å². The van der Waals surface area contributed by atoms with Crippen molar-refractivity contribution >= 4 is 28.2 Å². The predicted octanol–water partition coefficient (Wildman–Crippen LogP) is 4.04. The minimum absolute atomic E-state index is 0.00140. The van der Waals surface area contributed by atoms with Crippen LogP contribution in [0.2, 0.25) is 0 Å². The van der Waals surface area contributed by atoms with Crippen molar-refractivity contribution in [3.8, 4) is 11.3 Å². The molecular weight excluding hydrogens is 338 g/mol. The third-order valence-corrected chi connectivity index (χ3v) is 4.71. The lowest BCUT2D eigenvalue weighted by Crippen LogP contribution is -2.27. The van der Waals surface area contributed by atoms with Crippen molar-refractivity contribution in [1.82, 2.24) is 5.32 Å². The monoisotopic (exact) mass is 351 g/mol. The highest BCUT2D eigenvalue weighted by Crippen LogP contribution is 2.25. The van der Waals surface area contributed by atoms with Crippen LogP contribution in [-0.4, -0.2) is 5.91 Å². The van der Waals surface area contributed by atoms with Gasteiger partial charge in [-0.05, 0) is 30.3 Å². The van der Waals surface area contributed by atoms with E-state index in [4.69, 9.17) is 8.83 Å². The Morgan fingerprint density at radius 1 is 1.12 bits per heavy atom. The van der Waals surface area contributed by atoms with Gasteiger partial charge in [-0.15, -0.1) is 11.3 Å². The van der Waals surface area contributed by atoms with Crippen molar-refractivity contribution in [2.45, 2.75) is 6.54 Å². The molecule has 25 heavy (non-hydrogen) atoms. The minimum atomic E-state index is -0.640. The SMILES string of the molecule is O=C(NCc1cc(-c2ccco2)cs1)c1cc2ccccc2oc1=O. The van der Waals surface area contributed by atoms with Gasteiger partial charge in [0.1, 0.15) is 16.9 Å². The molecule has 124 valence electrons. The summed E-state index contributed by atoms with van der Waals surface area (Å²) < 4.78 is 10.5. The van der Waals surface area contributed by atoms with Gasteiger partial charge < -0.3 is 14.2 Å². The quantitative estimate of drug-likeness (QED) is 0.563. The van der Waals surface area contributed by atoms with Gasteiger partial charge in [0, 0.05) is 21.2 Å². The maximum atomic E-state index is 12.3. The molecule has 0 fully saturated rings. The van der Waals surface area contributed by atoms with Crippen LogP contribution in [0.5, 0.6) is 0 Å². The van der Waals surface area contributed by atoms with Crippen LogP contribution in [0.3, 0.4) is 0 Å². The number of fused-ring (bicyclic) bond motifs is 1. The molecular formula is C19H13NO4S. The molecule has 0 atom stereocenters. The van der Waals surface area contributed by atoms with Crippen LogP contribution in [0.25, 0.3) is 22.3 Å². The molecule has 4 rings (SSSR count). The Morgan fingerprint density at radius 3 is 2.84 bits per heavy atom. The molecule has 6 heteroatoms. The smallest absolute Gasteiger partial charge is 0.349 e. The Hall–Kier alpha value is -3.12. The lowest BCUT2D eigenvalue weighted by molar-refractivity contribution is 0.0948. The third kappa shape index (κ3) is 3.12. The molecule has 0 radical (unpaired) electrons. The highest BCUT2D eigenvalue weighted by atomic mass is 32.1. The van der Waals surface area contributed by atoms with Gasteiger partial charge >= 0.3 is 5.63 Å². The second-order valence-corrected chi connectivity index (χ2v) is 6.44. The summed E-state index contributed by atoms with van der Waals surface area (Å²) in [4.78, 5) is 25.3. The summed E-state index contributed by atoms with van der Waals surface area (Å²) in [6, 6.07) is 14.3. The molecule has 0 aliphatic heterocycles. The number of para-hydroxylation sites is 1. The number of rotatable bonds is 4. The van der Waals surface area contributed by atoms with E-state index >= 15 is 0 Å². The Kier molecular flexibility index (Phi) is 3.95. The molecule has 4 aromatic rings. The number of furan rings is 1. The van der Waals surface area contributed by atoms with Crippen LogP contribution in [0.15, 0.2) is 73.8 Å². The van der Waals surface area contributed by atoms with Gasteiger partial charge in [-0.25, -0.2) is 4.79 Å². The molecule has 3 aromatic heterocycles. The second kappa shape index (κ2) is 6.41. The van der Waals surface area contributed by atoms with E-state index in [1.54, 1.807) is 30.5 Å². The van der Waals surface area contributed by atoms with Crippen molar-refractivity contribution in [3.63, 3.8) is 0 Å². The van der Waals surface area contributed by atoms with Crippen LogP contribution < -0.4 is 10.9 Å². The molecule has 0 bridgehead atoms. The van der Waals surface area contributed by atoms with Crippen LogP contribution in [0, 0.1) is 0 Å². The molecule has 1 aromatic carbocycles. The number of hydrogen-bond donors (Lipinski definition) is 1. The Morgan fingerprint density at radius 2 is 2.00 bits per heavy atom. The normalized spacial score (nSPS) is 10.9. The van der Waals surface area contributed by atoms with E-state index in [1.165, 1.54) is 11.3 Å². The first-order valence-electron chi connectivity index (χ1n) is 7.63. The summed E-state index contributed by atoms with van der Waals surface area (Å²) in [6.45, 7) is 0.330. The van der Waals surface area contributed by atoms with Crippen LogP contribution in [0.1, 0.15) is 15.2 Å². The molecule has 0 aliphatic rings. The van der Waals surface area contributed by atoms with Crippen LogP contribution in [0.4, 0.5) is 0 Å². The lowest BCUT2D eigenvalue weighted by atomic mass is 10.2. The number of benzene rings is 1. The number of amides is 1. The molecule has 0 aliphatic carbocycles. The van der Waals surface area contributed by atoms with E-state index in [-0.39, 0.29) is 5.56 Å². The van der Waals surface area contributed by atoms with E-state index in [0.717, 1.165) is 16.2 Å². The largest absolute Gasteiger partial charge is 0.464 e. The second-order valence-electron chi connectivity index (χ2n) is 5.45. The zero-order valence-electron chi connectivity index (χ0n) is 13.0. The van der Waals surface area contributed by atoms with Crippen LogP contribution >= 0.6 is 11.3 Å². The number of nitrogens with one attached hydrogen (secondary N) is 1. The van der Waals surface area contributed by atoms with Gasteiger partial charge in [0.15, 0.2) is 0 Å². The van der Waals surface area contributed by atoms with E-state index in [1.807, 2.05) is 29.6 Å². The average molecular weight is 351 g/mol. The molecule has 0 saturated heterocycles. The minimum Gasteiger partial charge on any atom is -0.464 e. The Labute approximate surface area is 146 Å². The first kappa shape index (κ1) is 15.4. The molecule has 0 unspecified atom stereocenters. The summed E-state index contributed by atoms with van der Waals surface area (Å²) in [7, 11) is 0. The van der Waals surface area contributed by atoms with Gasteiger partial charge in [0.25, 0.3) is 5.91 Å². The Balaban J connectivity index is 1.51. The van der Waals surface area contributed by atoms with E-state index in [2.05, 4.69) is 5.32 Å². The summed E-state index contributed by atoms with van der Waals surface area (Å²) in [5.74, 6) is 0.330. The van der Waals surface area contributed by atoms with Gasteiger partial charge in [-0.2, -0.15) is 0 Å². The van der Waals surface area contributed by atoms with E-state index in [9.17, 15) is 9.59 Å². The third-order valence-electron chi connectivity index (χ3n) is 3.77. The van der Waals surface area contributed by atoms with Crippen molar-refractivity contribution in [2.75, 3.05) is 0 Å². The predicted molar refractivity (Wildman–Crippen MR) is 95.7 cm³/mol. The Bertz CT molecular complexity index is 1090. The van der Waals surface area contributed by atoms with Crippen molar-refractivity contribution in [1.29, 1.82) is 0 Å². The van der Waals surface area contributed by atoms with Crippen molar-refractivity contribution in [3.05, 3.63) is 81.0 Å². The van der Waals surface area contributed by atoms with Crippen molar-refractivity contribution in [2.24, 2.45) is 0 Å². The summed E-state index contributed by atoms with van der Waals surface area (Å²) in [6.07, 6.45) is 1.62. The zero-order valence-corrected chi connectivity index (χ0v) is 13.8. The maximum Gasteiger partial charge on any atom is 0.349 e. The van der Waals surface area contributed by atoms with Crippen LogP contribution in [-0.2, 0) is 6.54 Å². The van der Waals surface area contributed by atoms with Gasteiger partial charge in [0.2, 0.25) is 0 Å². The van der Waals surface area contributed by atoms with E-state index < -0.39 is 11.5 Å². The molecule has 0 spiro atoms. The molecule has 5 nitrogen and oxygen atoms in total. The van der Waals surface area contributed by atoms with E-state index in [0.29, 0.717) is 17.5 Å². The lowest BCUT2D eigenvalue weighted by Gasteiger charge is -2.04. The van der Waals surface area contributed by atoms with Gasteiger partial charge in [0.05, 0.1) is 12.8 Å². The fourth-order valence-electron chi connectivity index (χ4n) is 2.53. The molecule has 1 N–H and O–H groups in total. The van der Waals surface area contributed by atoms with Crippen molar-refractivity contribution < 1.29 is 13.6 Å². The highest BCUT2D eigenvalue weighted by Gasteiger charge is 2.14. The summed E-state index contributed by atoms with van der Waals surface area (Å²) in [5, 5.41) is 5.43. The fourth-order valence-corrected chi connectivity index (χ4v) is 3.34. The summed E-state index contributed by atoms with van der Waals surface area (Å²) in [5.41, 5.74) is 0.787. The average Bonchev–Trinajstić information content (AvgIpc) is 3.30. The zero-order chi connectivity index (χ0) is 17.2. The fraction of sp³-hybridized carbons (Fsp3) is 0.0526. The maximum absolute atomic E-state index is 12.3. The number of hydrogen-bond acceptors (Lipinski definition) is 5. The molecule has 1 amide bonds. The first-order chi connectivity index (χ1) is 12.2. The molecule has 0 saturated carbocycles. The van der Waals surface area contributed by atoms with Gasteiger partial charge in [-0.3, -0.25) is 4.79 Å². The highest BCUT2D eigenvalue weighted by molar-refractivity contribution is 7.10.